The van der Waals surface area contributed by atoms with Crippen LogP contribution in [-0.2, 0) is 4.74 Å². The second-order valence-electron chi connectivity index (χ2n) is 4.54. The van der Waals surface area contributed by atoms with Gasteiger partial charge in [-0.15, -0.1) is 10.2 Å². The first-order valence-corrected chi connectivity index (χ1v) is 7.33. The molecule has 2 aliphatic heterocycles. The van der Waals surface area contributed by atoms with E-state index in [0.29, 0.717) is 29.6 Å². The summed E-state index contributed by atoms with van der Waals surface area (Å²) < 4.78 is 22.2. The highest BCUT2D eigenvalue weighted by Gasteiger charge is 2.28. The van der Waals surface area contributed by atoms with Crippen molar-refractivity contribution in [1.29, 1.82) is 0 Å². The standard InChI is InChI=1S/C13H12N2O4S/c1-2-4-10-9(3-1)17-6-11(18-10)12-14-15-13(19-12)20-7-8-5-16-8/h1-4,8,11H,5-7H2. The number of benzene rings is 1. The fraction of sp³-hybridized carbons (Fsp3) is 0.385. The van der Waals surface area contributed by atoms with Crippen LogP contribution < -0.4 is 9.47 Å². The van der Waals surface area contributed by atoms with Gasteiger partial charge in [-0.2, -0.15) is 0 Å². The van der Waals surface area contributed by atoms with Gasteiger partial charge in [-0.25, -0.2) is 0 Å². The quantitative estimate of drug-likeness (QED) is 0.631. The molecular formula is C13H12N2O4S. The van der Waals surface area contributed by atoms with E-state index in [1.54, 1.807) is 0 Å². The maximum atomic E-state index is 5.81. The molecule has 0 N–H and O–H groups in total. The zero-order chi connectivity index (χ0) is 13.4. The number of nitrogens with zero attached hydrogens (tertiary/aromatic N) is 2. The van der Waals surface area contributed by atoms with E-state index < -0.39 is 0 Å². The highest BCUT2D eigenvalue weighted by molar-refractivity contribution is 7.99. The van der Waals surface area contributed by atoms with Gasteiger partial charge < -0.3 is 18.6 Å². The molecule has 1 aromatic heterocycles. The van der Waals surface area contributed by atoms with Crippen LogP contribution in [-0.4, -0.2) is 35.3 Å². The van der Waals surface area contributed by atoms with Gasteiger partial charge in [0.2, 0.25) is 6.10 Å². The summed E-state index contributed by atoms with van der Waals surface area (Å²) in [6, 6.07) is 7.54. The molecule has 104 valence electrons. The molecule has 2 aromatic rings. The first kappa shape index (κ1) is 12.0. The second kappa shape index (κ2) is 4.99. The van der Waals surface area contributed by atoms with E-state index in [-0.39, 0.29) is 6.10 Å². The Labute approximate surface area is 119 Å². The second-order valence-corrected chi connectivity index (χ2v) is 5.51. The highest BCUT2D eigenvalue weighted by Crippen LogP contribution is 2.36. The Hall–Kier alpha value is -1.73. The molecule has 4 rings (SSSR count). The van der Waals surface area contributed by atoms with Crippen molar-refractivity contribution in [3.63, 3.8) is 0 Å². The van der Waals surface area contributed by atoms with Crippen molar-refractivity contribution >= 4 is 11.8 Å². The summed E-state index contributed by atoms with van der Waals surface area (Å²) in [6.45, 7) is 1.19. The zero-order valence-corrected chi connectivity index (χ0v) is 11.3. The molecule has 0 saturated carbocycles. The number of ether oxygens (including phenoxy) is 3. The third-order valence-electron chi connectivity index (χ3n) is 3.00. The minimum atomic E-state index is -0.357. The molecule has 3 heterocycles. The van der Waals surface area contributed by atoms with Crippen LogP contribution in [0.25, 0.3) is 0 Å². The molecule has 2 aliphatic rings. The number of hydrogen-bond donors (Lipinski definition) is 0. The fourth-order valence-electron chi connectivity index (χ4n) is 1.88. The van der Waals surface area contributed by atoms with Gasteiger partial charge in [0.25, 0.3) is 11.1 Å². The van der Waals surface area contributed by atoms with E-state index in [4.69, 9.17) is 18.6 Å². The SMILES string of the molecule is c1ccc2c(c1)OCC(c1nnc(SCC3CO3)o1)O2. The largest absolute Gasteiger partial charge is 0.485 e. The Balaban J connectivity index is 1.45. The Bertz CT molecular complexity index is 614. The van der Waals surface area contributed by atoms with Crippen LogP contribution in [0.15, 0.2) is 33.9 Å². The van der Waals surface area contributed by atoms with Crippen LogP contribution in [0.1, 0.15) is 12.0 Å². The zero-order valence-electron chi connectivity index (χ0n) is 10.5. The lowest BCUT2D eigenvalue weighted by Crippen LogP contribution is -2.21. The van der Waals surface area contributed by atoms with Crippen molar-refractivity contribution in [2.24, 2.45) is 0 Å². The van der Waals surface area contributed by atoms with Crippen LogP contribution in [0.4, 0.5) is 0 Å². The summed E-state index contributed by atoms with van der Waals surface area (Å²) >= 11 is 1.50. The van der Waals surface area contributed by atoms with Crippen LogP contribution in [0.3, 0.4) is 0 Å². The minimum absolute atomic E-state index is 0.330. The molecule has 1 fully saturated rings. The molecular weight excluding hydrogens is 280 g/mol. The smallest absolute Gasteiger partial charge is 0.276 e. The predicted molar refractivity (Wildman–Crippen MR) is 70.1 cm³/mol. The van der Waals surface area contributed by atoms with Gasteiger partial charge in [-0.05, 0) is 12.1 Å². The van der Waals surface area contributed by atoms with Crippen LogP contribution >= 0.6 is 11.8 Å². The Morgan fingerprint density at radius 3 is 2.85 bits per heavy atom. The summed E-state index contributed by atoms with van der Waals surface area (Å²) in [4.78, 5) is 0. The van der Waals surface area contributed by atoms with Crippen molar-refractivity contribution in [1.82, 2.24) is 10.2 Å². The molecule has 6 nitrogen and oxygen atoms in total. The monoisotopic (exact) mass is 292 g/mol. The van der Waals surface area contributed by atoms with E-state index in [1.807, 2.05) is 24.3 Å². The number of para-hydroxylation sites is 2. The number of rotatable bonds is 4. The van der Waals surface area contributed by atoms with Gasteiger partial charge >= 0.3 is 0 Å². The fourth-order valence-corrected chi connectivity index (χ4v) is 2.64. The van der Waals surface area contributed by atoms with Crippen molar-refractivity contribution in [2.75, 3.05) is 19.0 Å². The molecule has 0 spiro atoms. The number of aromatic nitrogens is 2. The Morgan fingerprint density at radius 2 is 2.00 bits per heavy atom. The lowest BCUT2D eigenvalue weighted by atomic mass is 10.2. The molecule has 2 atom stereocenters. The summed E-state index contributed by atoms with van der Waals surface area (Å²) in [5.41, 5.74) is 0. The number of fused-ring (bicyclic) bond motifs is 1. The molecule has 0 amide bonds. The molecule has 20 heavy (non-hydrogen) atoms. The van der Waals surface area contributed by atoms with E-state index in [1.165, 1.54) is 11.8 Å². The van der Waals surface area contributed by atoms with Gasteiger partial charge in [-0.3, -0.25) is 0 Å². The molecule has 1 aromatic carbocycles. The Morgan fingerprint density at radius 1 is 1.15 bits per heavy atom. The van der Waals surface area contributed by atoms with E-state index in [9.17, 15) is 0 Å². The average molecular weight is 292 g/mol. The first-order valence-electron chi connectivity index (χ1n) is 6.35. The van der Waals surface area contributed by atoms with Crippen LogP contribution in [0, 0.1) is 0 Å². The van der Waals surface area contributed by atoms with E-state index >= 15 is 0 Å². The summed E-state index contributed by atoms with van der Waals surface area (Å²) in [6.07, 6.45) is -0.0274. The average Bonchev–Trinajstić information content (AvgIpc) is 3.21. The molecule has 2 unspecified atom stereocenters. The van der Waals surface area contributed by atoms with Gasteiger partial charge in [0.1, 0.15) is 6.61 Å². The van der Waals surface area contributed by atoms with E-state index in [0.717, 1.165) is 18.1 Å². The topological polar surface area (TPSA) is 69.9 Å². The highest BCUT2D eigenvalue weighted by atomic mass is 32.2. The number of thioether (sulfide) groups is 1. The molecule has 0 aliphatic carbocycles. The first-order chi connectivity index (χ1) is 9.88. The maximum absolute atomic E-state index is 5.81. The summed E-state index contributed by atoms with van der Waals surface area (Å²) in [5.74, 6) is 2.72. The molecule has 7 heteroatoms. The van der Waals surface area contributed by atoms with Crippen molar-refractivity contribution in [3.8, 4) is 11.5 Å². The van der Waals surface area contributed by atoms with Crippen LogP contribution in [0.2, 0.25) is 0 Å². The Kier molecular flexibility index (Phi) is 3.00. The normalized spacial score (nSPS) is 23.6. The molecule has 0 bridgehead atoms. The van der Waals surface area contributed by atoms with Crippen LogP contribution in [0.5, 0.6) is 11.5 Å². The van der Waals surface area contributed by atoms with Crippen molar-refractivity contribution < 1.29 is 18.6 Å². The molecule has 1 saturated heterocycles. The van der Waals surface area contributed by atoms with Crippen molar-refractivity contribution in [3.05, 3.63) is 30.2 Å². The minimum Gasteiger partial charge on any atom is -0.485 e. The predicted octanol–water partition coefficient (Wildman–Crippen LogP) is 2.07. The van der Waals surface area contributed by atoms with Gasteiger partial charge in [0, 0.05) is 5.75 Å². The maximum Gasteiger partial charge on any atom is 0.276 e. The lowest BCUT2D eigenvalue weighted by molar-refractivity contribution is 0.0686. The lowest BCUT2D eigenvalue weighted by Gasteiger charge is -2.23. The summed E-state index contributed by atoms with van der Waals surface area (Å²) in [5, 5.41) is 8.57. The van der Waals surface area contributed by atoms with Gasteiger partial charge in [-0.1, -0.05) is 23.9 Å². The van der Waals surface area contributed by atoms with Crippen molar-refractivity contribution in [2.45, 2.75) is 17.4 Å². The third-order valence-corrected chi connectivity index (χ3v) is 3.95. The van der Waals surface area contributed by atoms with Gasteiger partial charge in [0.15, 0.2) is 11.5 Å². The number of epoxide rings is 1. The summed E-state index contributed by atoms with van der Waals surface area (Å²) in [7, 11) is 0. The number of hydrogen-bond acceptors (Lipinski definition) is 7. The third kappa shape index (κ3) is 2.46. The van der Waals surface area contributed by atoms with Gasteiger partial charge in [0.05, 0.1) is 12.7 Å². The molecule has 0 radical (unpaired) electrons. The van der Waals surface area contributed by atoms with E-state index in [2.05, 4.69) is 10.2 Å².